The normalized spacial score (nSPS) is 25.3. The number of hydrogen-bond acceptors (Lipinski definition) is 8. The molecule has 10 nitrogen and oxygen atoms in total. The predicted molar refractivity (Wildman–Crippen MR) is 110 cm³/mol. The zero-order valence-corrected chi connectivity index (χ0v) is 19.0. The predicted octanol–water partition coefficient (Wildman–Crippen LogP) is 0.0185. The number of sulfonamides is 1. The van der Waals surface area contributed by atoms with E-state index in [9.17, 15) is 30.0 Å². The number of carbonyl (C=O) groups is 1. The number of anilines is 1. The fourth-order valence-corrected chi connectivity index (χ4v) is 9.58. The van der Waals surface area contributed by atoms with Crippen molar-refractivity contribution in [3.05, 3.63) is 18.2 Å². The van der Waals surface area contributed by atoms with Crippen molar-refractivity contribution < 1.29 is 34.8 Å². The van der Waals surface area contributed by atoms with Crippen molar-refractivity contribution in [2.75, 3.05) is 35.4 Å². The highest BCUT2D eigenvalue weighted by Crippen LogP contribution is 2.36. The molecule has 2 fully saturated rings. The maximum atomic E-state index is 13.7. The Morgan fingerprint density at radius 3 is 2.00 bits per heavy atom. The largest absolute Gasteiger partial charge is 0.495 e. The molecule has 0 spiro atoms. The molecule has 3 rings (SSSR count). The van der Waals surface area contributed by atoms with Crippen molar-refractivity contribution in [2.24, 2.45) is 0 Å². The molecule has 30 heavy (non-hydrogen) atoms. The molecule has 168 valence electrons. The van der Waals surface area contributed by atoms with E-state index < -0.39 is 47.7 Å². The fraction of sp³-hybridized carbons (Fsp3) is 0.588. The molecule has 2 aliphatic heterocycles. The van der Waals surface area contributed by atoms with Crippen LogP contribution in [0.3, 0.4) is 0 Å². The summed E-state index contributed by atoms with van der Waals surface area (Å²) in [7, 11) is -9.90. The van der Waals surface area contributed by atoms with E-state index in [2.05, 4.69) is 5.32 Å². The molecule has 0 saturated carbocycles. The first-order valence-corrected chi connectivity index (χ1v) is 14.3. The average molecular weight is 481 g/mol. The number of sulfone groups is 2. The Balaban J connectivity index is 2.11. The van der Waals surface area contributed by atoms with Crippen molar-refractivity contribution >= 4 is 41.3 Å². The first kappa shape index (κ1) is 23.0. The Morgan fingerprint density at radius 1 is 1.07 bits per heavy atom. The summed E-state index contributed by atoms with van der Waals surface area (Å²) in [5, 5.41) is 2.50. The van der Waals surface area contributed by atoms with Gasteiger partial charge < -0.3 is 10.1 Å². The number of carbonyl (C=O) groups excluding carboxylic acids is 1. The lowest BCUT2D eigenvalue weighted by Crippen LogP contribution is -2.48. The van der Waals surface area contributed by atoms with Crippen LogP contribution in [0.5, 0.6) is 5.75 Å². The molecule has 1 N–H and O–H groups in total. The van der Waals surface area contributed by atoms with Crippen molar-refractivity contribution in [1.82, 2.24) is 4.31 Å². The second-order valence-electron chi connectivity index (χ2n) is 7.50. The van der Waals surface area contributed by atoms with Crippen LogP contribution >= 0.6 is 0 Å². The molecule has 0 radical (unpaired) electrons. The second kappa shape index (κ2) is 8.09. The van der Waals surface area contributed by atoms with E-state index in [0.29, 0.717) is 0 Å². The molecule has 2 heterocycles. The van der Waals surface area contributed by atoms with Gasteiger partial charge in [0.25, 0.3) is 0 Å². The zero-order valence-electron chi connectivity index (χ0n) is 16.6. The number of methoxy groups -OCH3 is 1. The third-order valence-electron chi connectivity index (χ3n) is 5.18. The van der Waals surface area contributed by atoms with Crippen LogP contribution in [-0.2, 0) is 34.5 Å². The lowest BCUT2D eigenvalue weighted by Gasteiger charge is -2.32. The monoisotopic (exact) mass is 480 g/mol. The minimum atomic E-state index is -4.34. The van der Waals surface area contributed by atoms with Crippen molar-refractivity contribution in [1.29, 1.82) is 0 Å². The zero-order chi connectivity index (χ0) is 22.3. The van der Waals surface area contributed by atoms with Crippen LogP contribution in [-0.4, -0.2) is 77.7 Å². The van der Waals surface area contributed by atoms with Crippen molar-refractivity contribution in [3.8, 4) is 5.75 Å². The van der Waals surface area contributed by atoms with Crippen LogP contribution in [0.1, 0.15) is 19.8 Å². The molecule has 0 unspecified atom stereocenters. The molecule has 2 atom stereocenters. The molecule has 0 aromatic heterocycles. The number of ether oxygens (including phenoxy) is 1. The summed E-state index contributed by atoms with van der Waals surface area (Å²) in [6.07, 6.45) is 0.178. The molecular weight excluding hydrogens is 456 g/mol. The highest BCUT2D eigenvalue weighted by Gasteiger charge is 2.46. The highest BCUT2D eigenvalue weighted by atomic mass is 32.2. The summed E-state index contributed by atoms with van der Waals surface area (Å²) in [6, 6.07) is 2.35. The van der Waals surface area contributed by atoms with Gasteiger partial charge in [0.1, 0.15) is 10.6 Å². The molecule has 1 aromatic rings. The third-order valence-corrected chi connectivity index (χ3v) is 10.7. The standard InChI is InChI=1S/C17H24N2O8S3/c1-12(20)18-13-3-4-16(27-2)17(9-13)30(25,26)19(14-5-7-28(21,22)10-14)15-6-8-29(23,24)11-15/h3-4,9,14-15H,5-8,10-11H2,1-2H3,(H,18,20)/t14-,15-/m0/s1. The number of benzene rings is 1. The van der Waals surface area contributed by atoms with Crippen LogP contribution in [0.2, 0.25) is 0 Å². The van der Waals surface area contributed by atoms with Gasteiger partial charge in [0.15, 0.2) is 19.7 Å². The average Bonchev–Trinajstić information content (AvgIpc) is 3.15. The minimum Gasteiger partial charge on any atom is -0.495 e. The van der Waals surface area contributed by atoms with Gasteiger partial charge >= 0.3 is 0 Å². The molecule has 0 bridgehead atoms. The van der Waals surface area contributed by atoms with E-state index in [4.69, 9.17) is 4.74 Å². The lowest BCUT2D eigenvalue weighted by molar-refractivity contribution is -0.114. The van der Waals surface area contributed by atoms with E-state index in [1.54, 1.807) is 0 Å². The maximum Gasteiger partial charge on any atom is 0.247 e. The van der Waals surface area contributed by atoms with Crippen molar-refractivity contribution in [2.45, 2.75) is 36.7 Å². The van der Waals surface area contributed by atoms with Crippen LogP contribution < -0.4 is 10.1 Å². The summed E-state index contributed by atoms with van der Waals surface area (Å²) >= 11 is 0. The highest BCUT2D eigenvalue weighted by molar-refractivity contribution is 7.92. The molecule has 1 amide bonds. The Labute approximate surface area is 176 Å². The van der Waals surface area contributed by atoms with Gasteiger partial charge in [-0.15, -0.1) is 0 Å². The first-order chi connectivity index (χ1) is 13.8. The SMILES string of the molecule is COc1ccc(NC(C)=O)cc1S(=O)(=O)N([C@H]1CCS(=O)(=O)C1)[C@H]1CCS(=O)(=O)C1. The second-order valence-corrected chi connectivity index (χ2v) is 13.8. The van der Waals surface area contributed by atoms with Gasteiger partial charge in [-0.3, -0.25) is 4.79 Å². The van der Waals surface area contributed by atoms with Gasteiger partial charge in [0, 0.05) is 24.7 Å². The van der Waals surface area contributed by atoms with Gasteiger partial charge in [0.05, 0.1) is 30.1 Å². The van der Waals surface area contributed by atoms with E-state index in [1.165, 1.54) is 32.2 Å². The Morgan fingerprint density at radius 2 is 1.60 bits per heavy atom. The number of nitrogens with one attached hydrogen (secondary N) is 1. The van der Waals surface area contributed by atoms with E-state index in [-0.39, 0.29) is 52.2 Å². The Kier molecular flexibility index (Phi) is 6.20. The fourth-order valence-electron chi connectivity index (χ4n) is 3.92. The molecule has 13 heteroatoms. The van der Waals surface area contributed by atoms with Gasteiger partial charge in [0.2, 0.25) is 15.9 Å². The number of rotatable bonds is 6. The molecule has 0 aliphatic carbocycles. The van der Waals surface area contributed by atoms with Gasteiger partial charge in [-0.2, -0.15) is 4.31 Å². The van der Waals surface area contributed by atoms with Crippen molar-refractivity contribution in [3.63, 3.8) is 0 Å². The third kappa shape index (κ3) is 4.79. The quantitative estimate of drug-likeness (QED) is 0.600. The van der Waals surface area contributed by atoms with Gasteiger partial charge in [-0.25, -0.2) is 25.3 Å². The van der Waals surface area contributed by atoms with Crippen LogP contribution in [0.15, 0.2) is 23.1 Å². The summed E-state index contributed by atoms with van der Waals surface area (Å²) in [5.74, 6) is -1.44. The van der Waals surface area contributed by atoms with Gasteiger partial charge in [-0.05, 0) is 31.0 Å². The first-order valence-electron chi connectivity index (χ1n) is 9.25. The number of hydrogen-bond donors (Lipinski definition) is 1. The van der Waals surface area contributed by atoms with Crippen LogP contribution in [0.4, 0.5) is 5.69 Å². The Hall–Kier alpha value is -1.70. The summed E-state index contributed by atoms with van der Waals surface area (Å²) in [6.45, 7) is 1.28. The smallest absolute Gasteiger partial charge is 0.247 e. The van der Waals surface area contributed by atoms with Crippen LogP contribution in [0, 0.1) is 0 Å². The minimum absolute atomic E-state index is 0.0100. The topological polar surface area (TPSA) is 144 Å². The van der Waals surface area contributed by atoms with Crippen LogP contribution in [0.25, 0.3) is 0 Å². The van der Waals surface area contributed by atoms with E-state index >= 15 is 0 Å². The molecule has 2 aliphatic rings. The van der Waals surface area contributed by atoms with E-state index in [0.717, 1.165) is 4.31 Å². The summed E-state index contributed by atoms with van der Waals surface area (Å²) in [4.78, 5) is 11.1. The molecule has 1 aromatic carbocycles. The molecular formula is C17H24N2O8S3. The molecule has 2 saturated heterocycles. The van der Waals surface area contributed by atoms with Gasteiger partial charge in [-0.1, -0.05) is 0 Å². The van der Waals surface area contributed by atoms with E-state index in [1.807, 2.05) is 0 Å². The summed E-state index contributed by atoms with van der Waals surface area (Å²) < 4.78 is 81.8. The number of nitrogens with zero attached hydrogens (tertiary/aromatic N) is 1. The Bertz CT molecular complexity index is 1120. The summed E-state index contributed by atoms with van der Waals surface area (Å²) in [5.41, 5.74) is 0.222. The maximum absolute atomic E-state index is 13.7. The number of amides is 1. The lowest BCUT2D eigenvalue weighted by atomic mass is 10.2.